The number of amides is 2. The third-order valence-corrected chi connectivity index (χ3v) is 3.68. The number of aromatic nitrogens is 3. The van der Waals surface area contributed by atoms with Crippen LogP contribution in [0.5, 0.6) is 0 Å². The third kappa shape index (κ3) is 3.98. The maximum Gasteiger partial charge on any atom is 0.315 e. The second-order valence-corrected chi connectivity index (χ2v) is 5.59. The number of urea groups is 1. The summed E-state index contributed by atoms with van der Waals surface area (Å²) in [6.45, 7) is 3.88. The van der Waals surface area contributed by atoms with Crippen LogP contribution in [0.4, 0.5) is 4.79 Å². The Labute approximate surface area is 134 Å². The van der Waals surface area contributed by atoms with E-state index >= 15 is 0 Å². The van der Waals surface area contributed by atoms with Gasteiger partial charge in [0.2, 0.25) is 0 Å². The number of nitrogens with one attached hydrogen (secondary N) is 2. The Balaban J connectivity index is 1.99. The molecule has 1 aromatic heterocycles. The van der Waals surface area contributed by atoms with Crippen molar-refractivity contribution in [1.82, 2.24) is 25.4 Å². The fraction of sp³-hybridized carbons (Fsp3) is 0.400. The molecule has 7 heteroatoms. The smallest absolute Gasteiger partial charge is 0.315 e. The summed E-state index contributed by atoms with van der Waals surface area (Å²) in [5.74, 6) is 0.700. The average molecular weight is 322 g/mol. The van der Waals surface area contributed by atoms with Gasteiger partial charge in [-0.3, -0.25) is 0 Å². The quantitative estimate of drug-likeness (QED) is 0.889. The Hall–Kier alpha value is -2.08. The molecule has 0 fully saturated rings. The van der Waals surface area contributed by atoms with Gasteiger partial charge >= 0.3 is 6.03 Å². The van der Waals surface area contributed by atoms with Crippen molar-refractivity contribution in [2.45, 2.75) is 32.4 Å². The summed E-state index contributed by atoms with van der Waals surface area (Å²) in [5, 5.41) is 14.3. The lowest BCUT2D eigenvalue weighted by Gasteiger charge is -2.20. The van der Waals surface area contributed by atoms with Gasteiger partial charge in [-0.05, 0) is 31.0 Å². The van der Waals surface area contributed by atoms with Gasteiger partial charge in [0.25, 0.3) is 0 Å². The second kappa shape index (κ2) is 7.26. The van der Waals surface area contributed by atoms with Gasteiger partial charge in [0.05, 0.1) is 12.1 Å². The zero-order chi connectivity index (χ0) is 16.1. The monoisotopic (exact) mass is 321 g/mol. The van der Waals surface area contributed by atoms with E-state index in [4.69, 9.17) is 11.6 Å². The van der Waals surface area contributed by atoms with E-state index in [9.17, 15) is 4.79 Å². The Morgan fingerprint density at radius 2 is 2.18 bits per heavy atom. The Bertz CT molecular complexity index is 642. The molecule has 0 saturated carbocycles. The summed E-state index contributed by atoms with van der Waals surface area (Å²) < 4.78 is 1.78. The minimum atomic E-state index is -0.248. The molecule has 22 heavy (non-hydrogen) atoms. The third-order valence-electron chi connectivity index (χ3n) is 3.45. The summed E-state index contributed by atoms with van der Waals surface area (Å²) in [5.41, 5.74) is 0.983. The van der Waals surface area contributed by atoms with E-state index in [1.165, 1.54) is 0 Å². The molecule has 0 aliphatic carbocycles. The SMILES string of the molecule is CC[C@@H](NC(=O)N[C@H](C)c1nncn1C)c1cccc(Cl)c1. The van der Waals surface area contributed by atoms with Crippen molar-refractivity contribution in [2.75, 3.05) is 0 Å². The highest BCUT2D eigenvalue weighted by atomic mass is 35.5. The van der Waals surface area contributed by atoms with Gasteiger partial charge in [-0.1, -0.05) is 30.7 Å². The maximum atomic E-state index is 12.2. The highest BCUT2D eigenvalue weighted by Gasteiger charge is 2.17. The zero-order valence-corrected chi connectivity index (χ0v) is 13.6. The normalized spacial score (nSPS) is 13.5. The molecule has 0 radical (unpaired) electrons. The maximum absolute atomic E-state index is 12.2. The van der Waals surface area contributed by atoms with Crippen molar-refractivity contribution < 1.29 is 4.79 Å². The summed E-state index contributed by atoms with van der Waals surface area (Å²) in [7, 11) is 1.84. The first-order valence-electron chi connectivity index (χ1n) is 7.17. The van der Waals surface area contributed by atoms with Crippen molar-refractivity contribution in [1.29, 1.82) is 0 Å². The number of benzene rings is 1. The molecule has 2 rings (SSSR count). The predicted octanol–water partition coefficient (Wildman–Crippen LogP) is 2.98. The molecule has 0 spiro atoms. The molecule has 0 unspecified atom stereocenters. The number of carbonyl (C=O) groups excluding carboxylic acids is 1. The highest BCUT2D eigenvalue weighted by molar-refractivity contribution is 6.30. The van der Waals surface area contributed by atoms with E-state index in [-0.39, 0.29) is 18.1 Å². The number of aryl methyl sites for hydroxylation is 1. The molecular weight excluding hydrogens is 302 g/mol. The number of nitrogens with zero attached hydrogens (tertiary/aromatic N) is 3. The van der Waals surface area contributed by atoms with Gasteiger partial charge in [-0.2, -0.15) is 0 Å². The van der Waals surface area contributed by atoms with Gasteiger partial charge < -0.3 is 15.2 Å². The number of halogens is 1. The first kappa shape index (κ1) is 16.3. The van der Waals surface area contributed by atoms with Crippen molar-refractivity contribution >= 4 is 17.6 Å². The van der Waals surface area contributed by atoms with Crippen LogP contribution in [-0.4, -0.2) is 20.8 Å². The molecule has 0 aliphatic heterocycles. The average Bonchev–Trinajstić information content (AvgIpc) is 2.91. The van der Waals surface area contributed by atoms with Crippen molar-refractivity contribution in [3.05, 3.63) is 47.0 Å². The van der Waals surface area contributed by atoms with Gasteiger partial charge in [0.1, 0.15) is 6.33 Å². The molecule has 0 saturated heterocycles. The largest absolute Gasteiger partial charge is 0.331 e. The van der Waals surface area contributed by atoms with Crippen molar-refractivity contribution in [2.24, 2.45) is 7.05 Å². The van der Waals surface area contributed by atoms with Gasteiger partial charge in [0.15, 0.2) is 5.82 Å². The molecule has 6 nitrogen and oxygen atoms in total. The molecule has 2 amide bonds. The molecule has 2 aromatic rings. The zero-order valence-electron chi connectivity index (χ0n) is 12.9. The molecule has 2 N–H and O–H groups in total. The number of carbonyl (C=O) groups is 1. The van der Waals surface area contributed by atoms with E-state index in [0.29, 0.717) is 10.8 Å². The van der Waals surface area contributed by atoms with Gasteiger partial charge in [0, 0.05) is 12.1 Å². The number of hydrogen-bond donors (Lipinski definition) is 2. The minimum Gasteiger partial charge on any atom is -0.331 e. The number of rotatable bonds is 5. The first-order chi connectivity index (χ1) is 10.5. The van der Waals surface area contributed by atoms with E-state index in [1.807, 2.05) is 45.2 Å². The van der Waals surface area contributed by atoms with Crippen LogP contribution in [-0.2, 0) is 7.05 Å². The molecular formula is C15H20ClN5O. The van der Waals surface area contributed by atoms with Crippen LogP contribution >= 0.6 is 11.6 Å². The number of hydrogen-bond acceptors (Lipinski definition) is 3. The van der Waals surface area contributed by atoms with Crippen LogP contribution in [0.2, 0.25) is 5.02 Å². The van der Waals surface area contributed by atoms with Crippen LogP contribution in [0.25, 0.3) is 0 Å². The van der Waals surface area contributed by atoms with E-state index in [0.717, 1.165) is 12.0 Å². The molecule has 0 bridgehead atoms. The molecule has 1 heterocycles. The minimum absolute atomic E-state index is 0.0922. The van der Waals surface area contributed by atoms with Crippen LogP contribution in [0.15, 0.2) is 30.6 Å². The Morgan fingerprint density at radius 1 is 1.41 bits per heavy atom. The Kier molecular flexibility index (Phi) is 5.38. The summed E-state index contributed by atoms with van der Waals surface area (Å²) in [4.78, 5) is 12.2. The lowest BCUT2D eigenvalue weighted by molar-refractivity contribution is 0.233. The van der Waals surface area contributed by atoms with Crippen molar-refractivity contribution in [3.8, 4) is 0 Å². The summed E-state index contributed by atoms with van der Waals surface area (Å²) in [6, 6.07) is 6.93. The van der Waals surface area contributed by atoms with Crippen LogP contribution in [0, 0.1) is 0 Å². The van der Waals surface area contributed by atoms with Crippen molar-refractivity contribution in [3.63, 3.8) is 0 Å². The standard InChI is InChI=1S/C15H20ClN5O/c1-4-13(11-6-5-7-12(16)8-11)19-15(22)18-10(2)14-20-17-9-21(14)3/h5-10,13H,4H2,1-3H3,(H2,18,19,22)/t10-,13-/m1/s1. The second-order valence-electron chi connectivity index (χ2n) is 5.16. The summed E-state index contributed by atoms with van der Waals surface area (Å²) >= 11 is 6.01. The predicted molar refractivity (Wildman–Crippen MR) is 85.6 cm³/mol. The highest BCUT2D eigenvalue weighted by Crippen LogP contribution is 2.20. The van der Waals surface area contributed by atoms with E-state index < -0.39 is 0 Å². The topological polar surface area (TPSA) is 71.8 Å². The Morgan fingerprint density at radius 3 is 2.77 bits per heavy atom. The fourth-order valence-corrected chi connectivity index (χ4v) is 2.49. The first-order valence-corrected chi connectivity index (χ1v) is 7.55. The molecule has 0 aliphatic rings. The van der Waals surface area contributed by atoms with E-state index in [1.54, 1.807) is 10.9 Å². The molecule has 1 aromatic carbocycles. The fourth-order valence-electron chi connectivity index (χ4n) is 2.29. The van der Waals surface area contributed by atoms with Gasteiger partial charge in [-0.15, -0.1) is 10.2 Å². The molecule has 2 atom stereocenters. The van der Waals surface area contributed by atoms with Crippen LogP contribution in [0.3, 0.4) is 0 Å². The lowest BCUT2D eigenvalue weighted by Crippen LogP contribution is -2.39. The van der Waals surface area contributed by atoms with Gasteiger partial charge in [-0.25, -0.2) is 4.79 Å². The van der Waals surface area contributed by atoms with Crippen LogP contribution in [0.1, 0.15) is 43.7 Å². The summed E-state index contributed by atoms with van der Waals surface area (Å²) in [6.07, 6.45) is 2.37. The van der Waals surface area contributed by atoms with E-state index in [2.05, 4.69) is 20.8 Å². The van der Waals surface area contributed by atoms with Crippen LogP contribution < -0.4 is 10.6 Å². The lowest BCUT2D eigenvalue weighted by atomic mass is 10.1. The molecule has 118 valence electrons.